The van der Waals surface area contributed by atoms with Gasteiger partial charge in [-0.2, -0.15) is 0 Å². The summed E-state index contributed by atoms with van der Waals surface area (Å²) in [5, 5.41) is 0.0730. The Balaban J connectivity index is 2.57. The maximum Gasteiger partial charge on any atom is 0.165 e. The third-order valence-corrected chi connectivity index (χ3v) is 2.84. The molecule has 2 aromatic rings. The van der Waals surface area contributed by atoms with Gasteiger partial charge in [-0.05, 0) is 18.6 Å². The van der Waals surface area contributed by atoms with E-state index in [9.17, 15) is 4.39 Å². The molecule has 0 bridgehead atoms. The van der Waals surface area contributed by atoms with Gasteiger partial charge in [-0.3, -0.25) is 0 Å². The summed E-state index contributed by atoms with van der Waals surface area (Å²) in [5.74, 6) is -0.556. The van der Waals surface area contributed by atoms with Crippen LogP contribution in [0.1, 0.15) is 5.56 Å². The molecular weight excluding hydrogens is 225 g/mol. The molecule has 0 fully saturated rings. The van der Waals surface area contributed by atoms with Crippen LogP contribution in [0.4, 0.5) is 10.1 Å². The van der Waals surface area contributed by atoms with Crippen molar-refractivity contribution in [2.75, 3.05) is 5.73 Å². The van der Waals surface area contributed by atoms with E-state index in [-0.39, 0.29) is 10.7 Å². The monoisotopic (exact) mass is 235 g/mol. The second-order valence-corrected chi connectivity index (χ2v) is 4.07. The van der Waals surface area contributed by atoms with Crippen LogP contribution < -0.4 is 5.73 Å². The zero-order valence-electron chi connectivity index (χ0n) is 8.80. The smallest absolute Gasteiger partial charge is 0.165 e. The second kappa shape index (κ2) is 4.14. The molecule has 2 aromatic carbocycles. The topological polar surface area (TPSA) is 26.0 Å². The molecule has 2 rings (SSSR count). The maximum absolute atomic E-state index is 13.5. The summed E-state index contributed by atoms with van der Waals surface area (Å²) in [5.41, 5.74) is 8.20. The third-order valence-electron chi connectivity index (χ3n) is 2.47. The molecule has 0 amide bonds. The minimum Gasteiger partial charge on any atom is -0.396 e. The highest BCUT2D eigenvalue weighted by Gasteiger charge is 2.10. The van der Waals surface area contributed by atoms with E-state index in [0.717, 1.165) is 11.1 Å². The summed E-state index contributed by atoms with van der Waals surface area (Å²) in [6.45, 7) is 1.99. The Morgan fingerprint density at radius 2 is 1.69 bits per heavy atom. The van der Waals surface area contributed by atoms with Gasteiger partial charge < -0.3 is 5.73 Å². The van der Waals surface area contributed by atoms with Crippen LogP contribution >= 0.6 is 11.6 Å². The van der Waals surface area contributed by atoms with E-state index in [0.29, 0.717) is 5.56 Å². The fourth-order valence-electron chi connectivity index (χ4n) is 1.52. The summed E-state index contributed by atoms with van der Waals surface area (Å²) in [4.78, 5) is 0. The molecule has 0 saturated heterocycles. The summed E-state index contributed by atoms with van der Waals surface area (Å²) in [6, 6.07) is 11.0. The molecule has 0 aliphatic carbocycles. The van der Waals surface area contributed by atoms with Gasteiger partial charge in [0.05, 0.1) is 10.7 Å². The highest BCUT2D eigenvalue weighted by Crippen LogP contribution is 2.32. The lowest BCUT2D eigenvalue weighted by molar-refractivity contribution is 0.633. The van der Waals surface area contributed by atoms with Crippen LogP contribution in [0.2, 0.25) is 5.02 Å². The molecule has 0 spiro atoms. The third kappa shape index (κ3) is 1.89. The fourth-order valence-corrected chi connectivity index (χ4v) is 1.80. The maximum atomic E-state index is 13.5. The van der Waals surface area contributed by atoms with Gasteiger partial charge in [0.15, 0.2) is 5.82 Å². The molecule has 0 heterocycles. The number of rotatable bonds is 1. The van der Waals surface area contributed by atoms with Crippen molar-refractivity contribution >= 4 is 17.3 Å². The lowest BCUT2D eigenvalue weighted by atomic mass is 10.0. The molecule has 0 radical (unpaired) electrons. The van der Waals surface area contributed by atoms with Crippen molar-refractivity contribution in [2.45, 2.75) is 6.92 Å². The van der Waals surface area contributed by atoms with Gasteiger partial charge >= 0.3 is 0 Å². The molecule has 82 valence electrons. The van der Waals surface area contributed by atoms with Crippen LogP contribution in [0, 0.1) is 12.7 Å². The Bertz CT molecular complexity index is 520. The Hall–Kier alpha value is -1.54. The number of halogens is 2. The van der Waals surface area contributed by atoms with E-state index >= 15 is 0 Å². The van der Waals surface area contributed by atoms with Crippen molar-refractivity contribution in [3.05, 3.63) is 52.8 Å². The zero-order valence-corrected chi connectivity index (χ0v) is 9.55. The lowest BCUT2D eigenvalue weighted by Gasteiger charge is -2.07. The van der Waals surface area contributed by atoms with Crippen LogP contribution in [0.3, 0.4) is 0 Å². The van der Waals surface area contributed by atoms with Crippen molar-refractivity contribution in [2.24, 2.45) is 0 Å². The van der Waals surface area contributed by atoms with E-state index in [1.807, 2.05) is 31.2 Å². The lowest BCUT2D eigenvalue weighted by Crippen LogP contribution is -1.92. The van der Waals surface area contributed by atoms with Crippen molar-refractivity contribution in [1.82, 2.24) is 0 Å². The Morgan fingerprint density at radius 1 is 1.06 bits per heavy atom. The summed E-state index contributed by atoms with van der Waals surface area (Å²) < 4.78 is 13.5. The van der Waals surface area contributed by atoms with Gasteiger partial charge in [0, 0.05) is 5.56 Å². The summed E-state index contributed by atoms with van der Waals surface area (Å²) in [6.07, 6.45) is 0. The number of hydrogen-bond donors (Lipinski definition) is 1. The van der Waals surface area contributed by atoms with Crippen LogP contribution in [0.25, 0.3) is 11.1 Å². The van der Waals surface area contributed by atoms with Gasteiger partial charge in [0.25, 0.3) is 0 Å². The predicted molar refractivity (Wildman–Crippen MR) is 66.0 cm³/mol. The number of nitrogen functional groups attached to an aromatic ring is 1. The molecule has 0 aliphatic rings. The molecule has 1 nitrogen and oxygen atoms in total. The largest absolute Gasteiger partial charge is 0.396 e. The van der Waals surface area contributed by atoms with Gasteiger partial charge in [0.1, 0.15) is 0 Å². The molecule has 16 heavy (non-hydrogen) atoms. The number of hydrogen-bond acceptors (Lipinski definition) is 1. The number of nitrogens with two attached hydrogens (primary N) is 1. The summed E-state index contributed by atoms with van der Waals surface area (Å²) in [7, 11) is 0. The highest BCUT2D eigenvalue weighted by molar-refractivity contribution is 6.33. The van der Waals surface area contributed by atoms with Crippen molar-refractivity contribution in [3.8, 4) is 11.1 Å². The Kier molecular flexibility index (Phi) is 2.84. The van der Waals surface area contributed by atoms with Crippen LogP contribution in [-0.4, -0.2) is 0 Å². The van der Waals surface area contributed by atoms with Crippen LogP contribution in [0.15, 0.2) is 36.4 Å². The van der Waals surface area contributed by atoms with E-state index in [1.165, 1.54) is 6.07 Å². The SMILES string of the molecule is Cc1ccc(-c2ccc(N)c(F)c2Cl)cc1. The quantitative estimate of drug-likeness (QED) is 0.742. The molecule has 2 N–H and O–H groups in total. The number of benzene rings is 2. The number of aryl methyl sites for hydroxylation is 1. The molecule has 0 saturated carbocycles. The molecule has 0 aromatic heterocycles. The minimum atomic E-state index is -0.556. The molecular formula is C13H11ClFN. The van der Waals surface area contributed by atoms with Gasteiger partial charge in [-0.15, -0.1) is 0 Å². The first-order chi connectivity index (χ1) is 7.59. The first-order valence-electron chi connectivity index (χ1n) is 4.90. The van der Waals surface area contributed by atoms with Gasteiger partial charge in [0.2, 0.25) is 0 Å². The predicted octanol–water partition coefficient (Wildman–Crippen LogP) is 4.04. The molecule has 0 unspecified atom stereocenters. The van der Waals surface area contributed by atoms with Crippen molar-refractivity contribution < 1.29 is 4.39 Å². The standard InChI is InChI=1S/C13H11ClFN/c1-8-2-4-9(5-3-8)10-6-7-11(16)13(15)12(10)14/h2-7H,16H2,1H3. The minimum absolute atomic E-state index is 0.0702. The molecule has 3 heteroatoms. The second-order valence-electron chi connectivity index (χ2n) is 3.70. The Labute approximate surface area is 98.7 Å². The average Bonchev–Trinajstić information content (AvgIpc) is 2.28. The van der Waals surface area contributed by atoms with E-state index < -0.39 is 5.82 Å². The van der Waals surface area contributed by atoms with Gasteiger partial charge in [-0.1, -0.05) is 47.5 Å². The normalized spacial score (nSPS) is 10.4. The number of anilines is 1. The van der Waals surface area contributed by atoms with Crippen LogP contribution in [0.5, 0.6) is 0 Å². The molecule has 0 atom stereocenters. The van der Waals surface area contributed by atoms with Crippen molar-refractivity contribution in [3.63, 3.8) is 0 Å². The first kappa shape index (κ1) is 11.0. The average molecular weight is 236 g/mol. The zero-order chi connectivity index (χ0) is 11.7. The van der Waals surface area contributed by atoms with E-state index in [1.54, 1.807) is 6.07 Å². The molecule has 0 aliphatic heterocycles. The fraction of sp³-hybridized carbons (Fsp3) is 0.0769. The van der Waals surface area contributed by atoms with Crippen LogP contribution in [-0.2, 0) is 0 Å². The van der Waals surface area contributed by atoms with Gasteiger partial charge in [-0.25, -0.2) is 4.39 Å². The van der Waals surface area contributed by atoms with E-state index in [2.05, 4.69) is 0 Å². The highest BCUT2D eigenvalue weighted by atomic mass is 35.5. The van der Waals surface area contributed by atoms with Crippen molar-refractivity contribution in [1.29, 1.82) is 0 Å². The first-order valence-corrected chi connectivity index (χ1v) is 5.28. The Morgan fingerprint density at radius 3 is 2.31 bits per heavy atom. The summed E-state index contributed by atoms with van der Waals surface area (Å²) >= 11 is 5.92. The van der Waals surface area contributed by atoms with E-state index in [4.69, 9.17) is 17.3 Å².